The molecule has 0 bridgehead atoms. The van der Waals surface area contributed by atoms with Crippen LogP contribution < -0.4 is 10.9 Å². The van der Waals surface area contributed by atoms with Crippen molar-refractivity contribution in [3.05, 3.63) is 45.2 Å². The maximum Gasteiger partial charge on any atom is 0.323 e. The van der Waals surface area contributed by atoms with Crippen LogP contribution in [0.25, 0.3) is 11.7 Å². The van der Waals surface area contributed by atoms with Gasteiger partial charge in [0.15, 0.2) is 0 Å². The van der Waals surface area contributed by atoms with Gasteiger partial charge in [-0.15, -0.1) is 0 Å². The van der Waals surface area contributed by atoms with Gasteiger partial charge in [0, 0.05) is 12.7 Å². The van der Waals surface area contributed by atoms with Crippen LogP contribution in [0.3, 0.4) is 0 Å². The molecule has 0 unspecified atom stereocenters. The molecule has 1 fully saturated rings. The van der Waals surface area contributed by atoms with E-state index in [-0.39, 0.29) is 20.3 Å². The van der Waals surface area contributed by atoms with E-state index in [2.05, 4.69) is 10.3 Å². The van der Waals surface area contributed by atoms with E-state index < -0.39 is 18.4 Å². The number of hydrogen-bond acceptors (Lipinski definition) is 7. The lowest BCUT2D eigenvalue weighted by Crippen LogP contribution is -2.33. The van der Waals surface area contributed by atoms with Crippen molar-refractivity contribution in [3.63, 3.8) is 0 Å². The quantitative estimate of drug-likeness (QED) is 0.543. The molecular weight excluding hydrogens is 400 g/mol. The Bertz CT molecular complexity index is 1060. The van der Waals surface area contributed by atoms with Crippen molar-refractivity contribution in [2.45, 2.75) is 13.8 Å². The van der Waals surface area contributed by atoms with Crippen molar-refractivity contribution in [1.29, 1.82) is 0 Å². The number of fused-ring (bicyclic) bond motifs is 1. The molecule has 146 valence electrons. The van der Waals surface area contributed by atoms with Crippen molar-refractivity contribution in [2.75, 3.05) is 18.4 Å². The number of thioether (sulfide) groups is 1. The van der Waals surface area contributed by atoms with E-state index >= 15 is 0 Å². The second kappa shape index (κ2) is 8.11. The maximum absolute atomic E-state index is 13.0. The fourth-order valence-electron chi connectivity index (χ4n) is 2.57. The van der Waals surface area contributed by atoms with Gasteiger partial charge in [-0.05, 0) is 24.1 Å². The van der Waals surface area contributed by atoms with E-state index in [0.717, 1.165) is 16.7 Å². The van der Waals surface area contributed by atoms with Gasteiger partial charge in [-0.1, -0.05) is 43.9 Å². The minimum absolute atomic E-state index is 0.143. The van der Waals surface area contributed by atoms with E-state index in [1.54, 1.807) is 24.4 Å². The van der Waals surface area contributed by atoms with Gasteiger partial charge in [-0.2, -0.15) is 0 Å². The van der Waals surface area contributed by atoms with Gasteiger partial charge in [-0.3, -0.25) is 23.7 Å². The fraction of sp³-hybridized carbons (Fsp3) is 0.278. The van der Waals surface area contributed by atoms with Gasteiger partial charge in [-0.25, -0.2) is 4.98 Å². The van der Waals surface area contributed by atoms with E-state index in [1.165, 1.54) is 10.5 Å². The van der Waals surface area contributed by atoms with Crippen LogP contribution in [0.2, 0.25) is 0 Å². The van der Waals surface area contributed by atoms with Crippen molar-refractivity contribution < 1.29 is 14.7 Å². The molecule has 28 heavy (non-hydrogen) atoms. The number of nitrogens with zero attached hydrogens (tertiary/aromatic N) is 3. The van der Waals surface area contributed by atoms with Gasteiger partial charge >= 0.3 is 5.97 Å². The Hall–Kier alpha value is -2.72. The molecule has 0 atom stereocenters. The Morgan fingerprint density at radius 2 is 2.14 bits per heavy atom. The molecule has 2 aromatic heterocycles. The highest BCUT2D eigenvalue weighted by Crippen LogP contribution is 2.32. The number of aromatic nitrogens is 2. The minimum Gasteiger partial charge on any atom is -0.480 e. The number of carbonyl (C=O) groups excluding carboxylic acids is 1. The molecule has 1 saturated heterocycles. The van der Waals surface area contributed by atoms with Crippen molar-refractivity contribution in [1.82, 2.24) is 14.3 Å². The number of carboxylic acid groups (broad SMARTS) is 1. The Kier molecular flexibility index (Phi) is 5.80. The third-order valence-electron chi connectivity index (χ3n) is 3.89. The predicted molar refractivity (Wildman–Crippen MR) is 112 cm³/mol. The van der Waals surface area contributed by atoms with E-state index in [0.29, 0.717) is 23.9 Å². The lowest BCUT2D eigenvalue weighted by molar-refractivity contribution is -0.140. The smallest absolute Gasteiger partial charge is 0.323 e. The third-order valence-corrected chi connectivity index (χ3v) is 5.27. The number of pyridine rings is 1. The van der Waals surface area contributed by atoms with Crippen LogP contribution in [-0.2, 0) is 9.59 Å². The van der Waals surface area contributed by atoms with E-state index in [1.807, 2.05) is 13.8 Å². The molecule has 3 rings (SSSR count). The Morgan fingerprint density at radius 1 is 1.39 bits per heavy atom. The first-order valence-corrected chi connectivity index (χ1v) is 9.73. The van der Waals surface area contributed by atoms with Crippen molar-refractivity contribution in [2.24, 2.45) is 5.92 Å². The summed E-state index contributed by atoms with van der Waals surface area (Å²) in [7, 11) is 0. The molecule has 1 amide bonds. The number of hydrogen-bond donors (Lipinski definition) is 2. The van der Waals surface area contributed by atoms with E-state index in [9.17, 15) is 14.4 Å². The third kappa shape index (κ3) is 4.07. The first-order valence-electron chi connectivity index (χ1n) is 8.50. The molecule has 2 N–H and O–H groups in total. The number of amides is 1. The van der Waals surface area contributed by atoms with Gasteiger partial charge in [0.2, 0.25) is 0 Å². The zero-order chi connectivity index (χ0) is 20.4. The normalized spacial score (nSPS) is 15.8. The first kappa shape index (κ1) is 20.0. The zero-order valence-corrected chi connectivity index (χ0v) is 16.8. The second-order valence-electron chi connectivity index (χ2n) is 6.54. The van der Waals surface area contributed by atoms with Gasteiger partial charge < -0.3 is 10.4 Å². The number of anilines is 1. The standard InChI is InChI=1S/C18H18N4O4S2/c1-10(2)8-19-15-11(16(25)21-6-4-3-5-13(21)20-15)7-12-17(26)22(9-14(23)24)18(27)28-12/h3-7,10,19H,8-9H2,1-2H3,(H,23,24)/b12-7-. The highest BCUT2D eigenvalue weighted by atomic mass is 32.2. The summed E-state index contributed by atoms with van der Waals surface area (Å²) in [6, 6.07) is 5.22. The molecule has 0 spiro atoms. The lowest BCUT2D eigenvalue weighted by Gasteiger charge is -2.12. The van der Waals surface area contributed by atoms with Gasteiger partial charge in [0.25, 0.3) is 11.5 Å². The minimum atomic E-state index is -1.16. The van der Waals surface area contributed by atoms with Crippen LogP contribution >= 0.6 is 24.0 Å². The molecule has 3 heterocycles. The molecule has 2 aromatic rings. The van der Waals surface area contributed by atoms with Gasteiger partial charge in [0.05, 0.1) is 10.5 Å². The summed E-state index contributed by atoms with van der Waals surface area (Å²) < 4.78 is 1.54. The molecule has 1 aliphatic heterocycles. The topological polar surface area (TPSA) is 104 Å². The zero-order valence-electron chi connectivity index (χ0n) is 15.2. The maximum atomic E-state index is 13.0. The molecule has 8 nitrogen and oxygen atoms in total. The van der Waals surface area contributed by atoms with Crippen LogP contribution in [0.1, 0.15) is 19.4 Å². The van der Waals surface area contributed by atoms with E-state index in [4.69, 9.17) is 17.3 Å². The number of carbonyl (C=O) groups is 2. The number of aliphatic carboxylic acids is 1. The average Bonchev–Trinajstić information content (AvgIpc) is 2.89. The van der Waals surface area contributed by atoms with Crippen LogP contribution in [0.5, 0.6) is 0 Å². The largest absolute Gasteiger partial charge is 0.480 e. The molecular formula is C18H18N4O4S2. The Labute approximate surface area is 170 Å². The highest BCUT2D eigenvalue weighted by Gasteiger charge is 2.34. The molecule has 1 aliphatic rings. The summed E-state index contributed by atoms with van der Waals surface area (Å²) in [4.78, 5) is 42.2. The Balaban J connectivity index is 2.09. The predicted octanol–water partition coefficient (Wildman–Crippen LogP) is 2.05. The summed E-state index contributed by atoms with van der Waals surface area (Å²) in [5.41, 5.74) is 0.370. The van der Waals surface area contributed by atoms with Crippen LogP contribution in [0.4, 0.5) is 5.82 Å². The fourth-order valence-corrected chi connectivity index (χ4v) is 3.81. The second-order valence-corrected chi connectivity index (χ2v) is 8.22. The molecule has 0 radical (unpaired) electrons. The van der Waals surface area contributed by atoms with Crippen molar-refractivity contribution >= 4 is 57.7 Å². The summed E-state index contributed by atoms with van der Waals surface area (Å²) >= 11 is 6.07. The molecule has 10 heteroatoms. The van der Waals surface area contributed by atoms with Gasteiger partial charge in [0.1, 0.15) is 22.3 Å². The average molecular weight is 419 g/mol. The SMILES string of the molecule is CC(C)CNc1nc2ccccn2c(=O)c1/C=C1\SC(=S)N(CC(=O)O)C1=O. The van der Waals surface area contributed by atoms with Crippen LogP contribution in [0, 0.1) is 5.92 Å². The number of thiocarbonyl (C=S) groups is 1. The summed E-state index contributed by atoms with van der Waals surface area (Å²) in [6.07, 6.45) is 3.03. The highest BCUT2D eigenvalue weighted by molar-refractivity contribution is 8.26. The number of nitrogens with one attached hydrogen (secondary N) is 1. The van der Waals surface area contributed by atoms with Crippen LogP contribution in [0.15, 0.2) is 34.1 Å². The number of rotatable bonds is 6. The monoisotopic (exact) mass is 418 g/mol. The number of carboxylic acids is 1. The van der Waals surface area contributed by atoms with Crippen LogP contribution in [-0.4, -0.2) is 48.7 Å². The first-order chi connectivity index (χ1) is 13.3. The van der Waals surface area contributed by atoms with Crippen molar-refractivity contribution in [3.8, 4) is 0 Å². The molecule has 0 aromatic carbocycles. The summed E-state index contributed by atoms with van der Waals surface area (Å²) in [5.74, 6) is -1.01. The molecule has 0 aliphatic carbocycles. The molecule has 0 saturated carbocycles. The Morgan fingerprint density at radius 3 is 2.82 bits per heavy atom. The lowest BCUT2D eigenvalue weighted by atomic mass is 10.2. The summed E-state index contributed by atoms with van der Waals surface area (Å²) in [5, 5.41) is 12.1. The summed E-state index contributed by atoms with van der Waals surface area (Å²) in [6.45, 7) is 4.13.